The van der Waals surface area contributed by atoms with Gasteiger partial charge in [-0.1, -0.05) is 0 Å². The number of morpholine rings is 1. The van der Waals surface area contributed by atoms with Crippen LogP contribution in [0.2, 0.25) is 0 Å². The predicted molar refractivity (Wildman–Crippen MR) is 115 cm³/mol. The minimum absolute atomic E-state index is 0. The van der Waals surface area contributed by atoms with Gasteiger partial charge in [0.25, 0.3) is 5.91 Å². The number of rotatable bonds is 6. The van der Waals surface area contributed by atoms with Crippen LogP contribution in [-0.4, -0.2) is 69.2 Å². The van der Waals surface area contributed by atoms with Crippen molar-refractivity contribution in [1.82, 2.24) is 15.5 Å². The summed E-state index contributed by atoms with van der Waals surface area (Å²) in [4.78, 5) is 26.7. The van der Waals surface area contributed by atoms with Crippen LogP contribution in [0.15, 0.2) is 24.3 Å². The van der Waals surface area contributed by atoms with Crippen molar-refractivity contribution in [1.29, 1.82) is 0 Å². The second kappa shape index (κ2) is 13.0. The molecule has 2 amide bonds. The molecule has 28 heavy (non-hydrogen) atoms. The van der Waals surface area contributed by atoms with E-state index in [-0.39, 0.29) is 42.5 Å². The van der Waals surface area contributed by atoms with Crippen molar-refractivity contribution in [3.63, 3.8) is 0 Å². The summed E-state index contributed by atoms with van der Waals surface area (Å²) >= 11 is 0. The molecule has 158 valence electrons. The minimum atomic E-state index is -0.0902. The highest BCUT2D eigenvalue weighted by molar-refractivity contribution is 5.96. The fourth-order valence-corrected chi connectivity index (χ4v) is 3.28. The third-order valence-electron chi connectivity index (χ3n) is 4.90. The Balaban J connectivity index is 0.00000196. The van der Waals surface area contributed by atoms with Crippen LogP contribution in [-0.2, 0) is 9.53 Å². The molecule has 1 atom stereocenters. The third-order valence-corrected chi connectivity index (χ3v) is 4.90. The van der Waals surface area contributed by atoms with Crippen molar-refractivity contribution in [2.45, 2.75) is 12.8 Å². The Kier molecular flexibility index (Phi) is 11.4. The van der Waals surface area contributed by atoms with Gasteiger partial charge in [-0.2, -0.15) is 0 Å². The molecule has 1 aromatic rings. The maximum absolute atomic E-state index is 12.2. The first kappa shape index (κ1) is 24.7. The lowest BCUT2D eigenvalue weighted by atomic mass is 9.99. The molecule has 2 saturated heterocycles. The average molecular weight is 433 g/mol. The Labute approximate surface area is 178 Å². The molecule has 2 fully saturated rings. The first-order valence-electron chi connectivity index (χ1n) is 9.42. The Bertz CT molecular complexity index is 604. The van der Waals surface area contributed by atoms with Gasteiger partial charge in [-0.15, -0.1) is 24.8 Å². The number of amides is 2. The lowest BCUT2D eigenvalue weighted by Crippen LogP contribution is -2.41. The Hall–Kier alpha value is -1.38. The number of carbonyl (C=O) groups excluding carboxylic acids is 2. The lowest BCUT2D eigenvalue weighted by molar-refractivity contribution is -0.120. The monoisotopic (exact) mass is 432 g/mol. The van der Waals surface area contributed by atoms with Crippen molar-refractivity contribution >= 4 is 42.3 Å². The van der Waals surface area contributed by atoms with E-state index in [2.05, 4.69) is 20.9 Å². The third kappa shape index (κ3) is 7.56. The number of piperidine rings is 1. The van der Waals surface area contributed by atoms with E-state index in [0.29, 0.717) is 12.1 Å². The fourth-order valence-electron chi connectivity index (χ4n) is 3.28. The van der Waals surface area contributed by atoms with Gasteiger partial charge < -0.3 is 20.7 Å². The maximum atomic E-state index is 12.2. The van der Waals surface area contributed by atoms with E-state index in [1.807, 2.05) is 0 Å². The van der Waals surface area contributed by atoms with E-state index in [1.165, 1.54) is 0 Å². The molecule has 2 aliphatic rings. The van der Waals surface area contributed by atoms with Crippen LogP contribution in [0.4, 0.5) is 5.69 Å². The first-order chi connectivity index (χ1) is 12.7. The van der Waals surface area contributed by atoms with Crippen molar-refractivity contribution < 1.29 is 14.3 Å². The van der Waals surface area contributed by atoms with Crippen molar-refractivity contribution in [2.24, 2.45) is 5.92 Å². The summed E-state index contributed by atoms with van der Waals surface area (Å²) in [6.45, 7) is 6.52. The summed E-state index contributed by atoms with van der Waals surface area (Å²) in [5.74, 6) is -0.0283. The maximum Gasteiger partial charge on any atom is 0.251 e. The van der Waals surface area contributed by atoms with E-state index >= 15 is 0 Å². The number of hydrogen-bond acceptors (Lipinski definition) is 5. The normalized spacial score (nSPS) is 19.6. The molecule has 0 aromatic heterocycles. The van der Waals surface area contributed by atoms with E-state index in [9.17, 15) is 9.59 Å². The van der Waals surface area contributed by atoms with Crippen LogP contribution >= 0.6 is 24.8 Å². The molecular formula is C19H30Cl2N4O3. The highest BCUT2D eigenvalue weighted by Crippen LogP contribution is 2.15. The Morgan fingerprint density at radius 2 is 1.86 bits per heavy atom. The molecular weight excluding hydrogens is 403 g/mol. The molecule has 0 saturated carbocycles. The highest BCUT2D eigenvalue weighted by atomic mass is 35.5. The molecule has 9 heteroatoms. The van der Waals surface area contributed by atoms with Crippen LogP contribution in [0, 0.1) is 5.92 Å². The molecule has 1 unspecified atom stereocenters. The lowest BCUT2D eigenvalue weighted by Gasteiger charge is -2.26. The van der Waals surface area contributed by atoms with Gasteiger partial charge in [0, 0.05) is 44.0 Å². The zero-order valence-electron chi connectivity index (χ0n) is 15.9. The fraction of sp³-hybridized carbons (Fsp3) is 0.579. The number of anilines is 1. The summed E-state index contributed by atoms with van der Waals surface area (Å²) in [6, 6.07) is 7.06. The van der Waals surface area contributed by atoms with Crippen LogP contribution in [0.25, 0.3) is 0 Å². The summed E-state index contributed by atoms with van der Waals surface area (Å²) in [5.41, 5.74) is 1.33. The van der Waals surface area contributed by atoms with Gasteiger partial charge in [-0.05, 0) is 43.7 Å². The highest BCUT2D eigenvalue weighted by Gasteiger charge is 2.20. The van der Waals surface area contributed by atoms with E-state index in [0.717, 1.165) is 64.5 Å². The van der Waals surface area contributed by atoms with Crippen LogP contribution in [0.5, 0.6) is 0 Å². The zero-order valence-corrected chi connectivity index (χ0v) is 17.6. The van der Waals surface area contributed by atoms with Gasteiger partial charge in [-0.25, -0.2) is 0 Å². The molecule has 2 heterocycles. The largest absolute Gasteiger partial charge is 0.379 e. The van der Waals surface area contributed by atoms with E-state index in [1.54, 1.807) is 24.3 Å². The van der Waals surface area contributed by atoms with Crippen molar-refractivity contribution in [3.05, 3.63) is 29.8 Å². The van der Waals surface area contributed by atoms with E-state index < -0.39 is 0 Å². The molecule has 1 aromatic carbocycles. The van der Waals surface area contributed by atoms with Gasteiger partial charge in [0.05, 0.1) is 19.1 Å². The minimum Gasteiger partial charge on any atom is -0.379 e. The SMILES string of the molecule is Cl.Cl.O=C(NCCN1CCOCC1)c1ccc(NC(=O)C2CCCNC2)cc1. The number of nitrogens with zero attached hydrogens (tertiary/aromatic N) is 1. The second-order valence-electron chi connectivity index (χ2n) is 6.82. The topological polar surface area (TPSA) is 82.7 Å². The summed E-state index contributed by atoms with van der Waals surface area (Å²) in [6.07, 6.45) is 1.95. The Morgan fingerprint density at radius 3 is 2.50 bits per heavy atom. The van der Waals surface area contributed by atoms with Gasteiger partial charge in [0.15, 0.2) is 0 Å². The van der Waals surface area contributed by atoms with Crippen LogP contribution in [0.1, 0.15) is 23.2 Å². The Morgan fingerprint density at radius 1 is 1.14 bits per heavy atom. The number of ether oxygens (including phenoxy) is 1. The number of benzene rings is 1. The molecule has 7 nitrogen and oxygen atoms in total. The average Bonchev–Trinajstić information content (AvgIpc) is 2.70. The quantitative estimate of drug-likeness (QED) is 0.634. The van der Waals surface area contributed by atoms with E-state index in [4.69, 9.17) is 4.74 Å². The van der Waals surface area contributed by atoms with Crippen molar-refractivity contribution in [3.8, 4) is 0 Å². The second-order valence-corrected chi connectivity index (χ2v) is 6.82. The zero-order chi connectivity index (χ0) is 18.2. The van der Waals surface area contributed by atoms with Crippen LogP contribution < -0.4 is 16.0 Å². The van der Waals surface area contributed by atoms with Crippen molar-refractivity contribution in [2.75, 3.05) is 57.8 Å². The molecule has 0 radical (unpaired) electrons. The van der Waals surface area contributed by atoms with Gasteiger partial charge >= 0.3 is 0 Å². The number of nitrogens with one attached hydrogen (secondary N) is 3. The first-order valence-corrected chi connectivity index (χ1v) is 9.42. The van der Waals surface area contributed by atoms with Gasteiger partial charge in [0.2, 0.25) is 5.91 Å². The number of carbonyl (C=O) groups is 2. The molecule has 0 bridgehead atoms. The summed E-state index contributed by atoms with van der Waals surface area (Å²) in [7, 11) is 0. The van der Waals surface area contributed by atoms with Crippen LogP contribution in [0.3, 0.4) is 0 Å². The molecule has 2 aliphatic heterocycles. The molecule has 0 spiro atoms. The van der Waals surface area contributed by atoms with Gasteiger partial charge in [0.1, 0.15) is 0 Å². The standard InChI is InChI=1S/C19H28N4O3.2ClH/c24-18(21-8-9-23-10-12-26-13-11-23)15-3-5-17(6-4-15)22-19(25)16-2-1-7-20-14-16;;/h3-6,16,20H,1-2,7-14H2,(H,21,24)(H,22,25);2*1H. The summed E-state index contributed by atoms with van der Waals surface area (Å²) in [5, 5.41) is 9.12. The summed E-state index contributed by atoms with van der Waals surface area (Å²) < 4.78 is 5.31. The predicted octanol–water partition coefficient (Wildman–Crippen LogP) is 1.53. The molecule has 3 rings (SSSR count). The number of halogens is 2. The molecule has 0 aliphatic carbocycles. The number of hydrogen-bond donors (Lipinski definition) is 3. The molecule has 3 N–H and O–H groups in total. The van der Waals surface area contributed by atoms with Gasteiger partial charge in [-0.3, -0.25) is 14.5 Å². The smallest absolute Gasteiger partial charge is 0.251 e.